The molecule has 2 aromatic rings. The van der Waals surface area contributed by atoms with Crippen LogP contribution in [0.25, 0.3) is 0 Å². The summed E-state index contributed by atoms with van der Waals surface area (Å²) in [5.41, 5.74) is 0.694. The number of hydrogen-bond donors (Lipinski definition) is 5. The van der Waals surface area contributed by atoms with Crippen molar-refractivity contribution in [2.24, 2.45) is 29.1 Å². The van der Waals surface area contributed by atoms with Gasteiger partial charge in [-0.15, -0.1) is 13.2 Å². The zero-order valence-electron chi connectivity index (χ0n) is 22.1. The van der Waals surface area contributed by atoms with Crippen LogP contribution in [0.5, 0.6) is 5.75 Å². The number of anilines is 2. The van der Waals surface area contributed by atoms with E-state index >= 15 is 0 Å². The van der Waals surface area contributed by atoms with Crippen molar-refractivity contribution in [1.29, 1.82) is 5.26 Å². The second-order valence-corrected chi connectivity index (χ2v) is 11.6. The van der Waals surface area contributed by atoms with E-state index in [1.165, 1.54) is 37.2 Å². The number of nitrogens with one attached hydrogen (secondary N) is 3. The SMILES string of the molecule is N#Cc1cnc(NCc2ccccc2OC(F)(F)F)nc1NCC12CC3C[C@H](C1)C(NCC(CO)CO)[C@@H](C3)C2. The van der Waals surface area contributed by atoms with Gasteiger partial charge in [-0.1, -0.05) is 18.2 Å². The van der Waals surface area contributed by atoms with Crippen LogP contribution in [0.3, 0.4) is 0 Å². The Kier molecular flexibility index (Phi) is 8.35. The van der Waals surface area contributed by atoms with E-state index in [-0.39, 0.29) is 42.8 Å². The molecule has 9 nitrogen and oxygen atoms in total. The Morgan fingerprint density at radius 1 is 1.10 bits per heavy atom. The molecule has 216 valence electrons. The number of alkyl halides is 3. The Balaban J connectivity index is 1.23. The minimum atomic E-state index is -4.80. The monoisotopic (exact) mass is 560 g/mol. The Labute approximate surface area is 231 Å². The average molecular weight is 561 g/mol. The molecule has 4 fully saturated rings. The molecule has 0 amide bonds. The molecule has 12 heteroatoms. The molecule has 4 aliphatic rings. The first kappa shape index (κ1) is 28.4. The third-order valence-corrected chi connectivity index (χ3v) is 8.73. The van der Waals surface area contributed by atoms with E-state index in [0.717, 1.165) is 19.3 Å². The van der Waals surface area contributed by atoms with E-state index in [0.29, 0.717) is 53.8 Å². The summed E-state index contributed by atoms with van der Waals surface area (Å²) in [5.74, 6) is 1.88. The lowest BCUT2D eigenvalue weighted by atomic mass is 9.48. The van der Waals surface area contributed by atoms with E-state index in [2.05, 4.69) is 36.7 Å². The van der Waals surface area contributed by atoms with Gasteiger partial charge in [0.1, 0.15) is 23.2 Å². The fraction of sp³-hybridized carbons (Fsp3) is 0.607. The molecule has 4 bridgehead atoms. The molecule has 0 spiro atoms. The van der Waals surface area contributed by atoms with Gasteiger partial charge in [0, 0.05) is 50.4 Å². The standard InChI is InChI=1S/C28H35F3N6O3/c29-28(30,31)40-23-4-2-1-3-19(23)12-34-26-35-13-22(10-32)25(37-26)36-16-27-7-17-5-20(8-27)24(21(6-17)9-27)33-11-18(14-38)15-39/h1-4,13,17-18,20-21,24,33,38-39H,5-9,11-12,14-16H2,(H2,34,35,36,37)/t17?,20-,21+,24?,27?. The molecule has 1 aromatic heterocycles. The molecule has 1 aromatic carbocycles. The van der Waals surface area contributed by atoms with Gasteiger partial charge in [-0.3, -0.25) is 0 Å². The number of ether oxygens (including phenoxy) is 1. The fourth-order valence-corrected chi connectivity index (χ4v) is 7.24. The summed E-state index contributed by atoms with van der Waals surface area (Å²) in [6.07, 6.45) is 2.22. The maximum absolute atomic E-state index is 12.8. The number of hydrogen-bond acceptors (Lipinski definition) is 9. The van der Waals surface area contributed by atoms with Crippen LogP contribution in [0.4, 0.5) is 24.9 Å². The molecule has 5 atom stereocenters. The molecule has 1 heterocycles. The quantitative estimate of drug-likeness (QED) is 0.264. The largest absolute Gasteiger partial charge is 0.573 e. The molecular weight excluding hydrogens is 525 g/mol. The zero-order chi connectivity index (χ0) is 28.3. The van der Waals surface area contributed by atoms with Crippen LogP contribution in [0, 0.1) is 40.4 Å². The summed E-state index contributed by atoms with van der Waals surface area (Å²) >= 11 is 0. The van der Waals surface area contributed by atoms with Gasteiger partial charge in [0.15, 0.2) is 0 Å². The molecule has 0 radical (unpaired) electrons. The van der Waals surface area contributed by atoms with Gasteiger partial charge in [-0.25, -0.2) is 4.98 Å². The highest BCUT2D eigenvalue weighted by Crippen LogP contribution is 2.60. The molecular formula is C28H35F3N6O3. The number of aliphatic hydroxyl groups is 2. The molecule has 40 heavy (non-hydrogen) atoms. The maximum Gasteiger partial charge on any atom is 0.573 e. The van der Waals surface area contributed by atoms with Crippen LogP contribution in [0.1, 0.15) is 43.2 Å². The number of nitriles is 1. The Morgan fingerprint density at radius 3 is 2.50 bits per heavy atom. The topological polar surface area (TPSA) is 135 Å². The van der Waals surface area contributed by atoms with Gasteiger partial charge >= 0.3 is 6.36 Å². The molecule has 0 saturated heterocycles. The number of benzene rings is 1. The average Bonchev–Trinajstić information content (AvgIpc) is 2.92. The van der Waals surface area contributed by atoms with Crippen LogP contribution in [0.2, 0.25) is 0 Å². The van der Waals surface area contributed by atoms with Crippen molar-refractivity contribution in [3.8, 4) is 11.8 Å². The van der Waals surface area contributed by atoms with Gasteiger partial charge in [0.25, 0.3) is 0 Å². The Hall–Kier alpha value is -3.14. The highest BCUT2D eigenvalue weighted by atomic mass is 19.4. The number of nitrogens with zero attached hydrogens (tertiary/aromatic N) is 3. The first-order valence-electron chi connectivity index (χ1n) is 13.7. The molecule has 0 aliphatic heterocycles. The highest BCUT2D eigenvalue weighted by Gasteiger charge is 2.55. The van der Waals surface area contributed by atoms with Crippen molar-refractivity contribution >= 4 is 11.8 Å². The fourth-order valence-electron chi connectivity index (χ4n) is 7.24. The summed E-state index contributed by atoms with van der Waals surface area (Å²) in [6.45, 7) is 1.22. The van der Waals surface area contributed by atoms with Crippen LogP contribution in [-0.2, 0) is 6.54 Å². The smallest absolute Gasteiger partial charge is 0.405 e. The Bertz CT molecular complexity index is 1200. The lowest BCUT2D eigenvalue weighted by molar-refractivity contribution is -0.274. The summed E-state index contributed by atoms with van der Waals surface area (Å²) < 4.78 is 42.4. The first-order chi connectivity index (χ1) is 19.2. The minimum absolute atomic E-state index is 0.00831. The van der Waals surface area contributed by atoms with Crippen LogP contribution >= 0.6 is 0 Å². The van der Waals surface area contributed by atoms with E-state index in [4.69, 9.17) is 0 Å². The molecule has 4 aliphatic carbocycles. The van der Waals surface area contributed by atoms with Crippen molar-refractivity contribution in [1.82, 2.24) is 15.3 Å². The van der Waals surface area contributed by atoms with E-state index in [1.54, 1.807) is 6.07 Å². The van der Waals surface area contributed by atoms with E-state index in [9.17, 15) is 28.6 Å². The maximum atomic E-state index is 12.8. The highest BCUT2D eigenvalue weighted by molar-refractivity contribution is 5.53. The van der Waals surface area contributed by atoms with Crippen molar-refractivity contribution < 1.29 is 28.1 Å². The van der Waals surface area contributed by atoms with Crippen molar-refractivity contribution in [3.63, 3.8) is 0 Å². The summed E-state index contributed by atoms with van der Waals surface area (Å²) in [5, 5.41) is 38.5. The van der Waals surface area contributed by atoms with Crippen molar-refractivity contribution in [3.05, 3.63) is 41.6 Å². The van der Waals surface area contributed by atoms with Crippen LogP contribution < -0.4 is 20.7 Å². The van der Waals surface area contributed by atoms with Gasteiger partial charge in [0.05, 0.1) is 6.20 Å². The summed E-state index contributed by atoms with van der Waals surface area (Å²) in [7, 11) is 0. The summed E-state index contributed by atoms with van der Waals surface area (Å²) in [4.78, 5) is 8.66. The van der Waals surface area contributed by atoms with Gasteiger partial charge in [-0.2, -0.15) is 10.2 Å². The molecule has 4 saturated carbocycles. The third-order valence-electron chi connectivity index (χ3n) is 8.73. The predicted octanol–water partition coefficient (Wildman–Crippen LogP) is 3.66. The Morgan fingerprint density at radius 2 is 1.82 bits per heavy atom. The summed E-state index contributed by atoms with van der Waals surface area (Å²) in [6, 6.07) is 8.38. The lowest BCUT2D eigenvalue weighted by Gasteiger charge is -2.60. The van der Waals surface area contributed by atoms with E-state index < -0.39 is 6.36 Å². The lowest BCUT2D eigenvalue weighted by Crippen LogP contribution is -2.60. The molecule has 3 unspecified atom stereocenters. The van der Waals surface area contributed by atoms with Gasteiger partial charge in [0.2, 0.25) is 5.95 Å². The predicted molar refractivity (Wildman–Crippen MR) is 141 cm³/mol. The van der Waals surface area contributed by atoms with Gasteiger partial charge in [-0.05, 0) is 61.3 Å². The second kappa shape index (κ2) is 11.8. The number of aromatic nitrogens is 2. The van der Waals surface area contributed by atoms with Crippen LogP contribution in [0.15, 0.2) is 30.5 Å². The zero-order valence-corrected chi connectivity index (χ0v) is 22.1. The number of para-hydroxylation sites is 1. The van der Waals surface area contributed by atoms with Crippen molar-refractivity contribution in [2.75, 3.05) is 36.9 Å². The minimum Gasteiger partial charge on any atom is -0.405 e. The number of halogens is 3. The van der Waals surface area contributed by atoms with E-state index in [1.807, 2.05) is 0 Å². The molecule has 6 rings (SSSR count). The molecule has 5 N–H and O–H groups in total. The second-order valence-electron chi connectivity index (χ2n) is 11.6. The number of rotatable bonds is 12. The third kappa shape index (κ3) is 6.43. The normalized spacial score (nSPS) is 27.0. The number of aliphatic hydroxyl groups excluding tert-OH is 2. The van der Waals surface area contributed by atoms with Crippen LogP contribution in [-0.4, -0.2) is 58.9 Å². The van der Waals surface area contributed by atoms with Gasteiger partial charge < -0.3 is 30.9 Å². The van der Waals surface area contributed by atoms with Crippen molar-refractivity contribution in [2.45, 2.75) is 51.1 Å². The first-order valence-corrected chi connectivity index (χ1v) is 13.7.